The lowest BCUT2D eigenvalue weighted by atomic mass is 9.93. The third kappa shape index (κ3) is 7.30. The van der Waals surface area contributed by atoms with Crippen LogP contribution in [0.2, 0.25) is 5.02 Å². The average Bonchev–Trinajstić information content (AvgIpc) is 3.29. The summed E-state index contributed by atoms with van der Waals surface area (Å²) >= 11 is 6.27. The number of likely N-dealkylation sites (tertiary alicyclic amines) is 2. The molecule has 0 saturated carbocycles. The van der Waals surface area contributed by atoms with Crippen LogP contribution >= 0.6 is 11.6 Å². The van der Waals surface area contributed by atoms with Crippen LogP contribution in [-0.4, -0.2) is 72.9 Å². The van der Waals surface area contributed by atoms with Crippen molar-refractivity contribution >= 4 is 17.5 Å². The number of carbonyl (C=O) groups excluding carboxylic acids is 1. The van der Waals surface area contributed by atoms with Gasteiger partial charge >= 0.3 is 0 Å². The number of nitrogens with zero attached hydrogens (tertiary/aromatic N) is 2. The predicted molar refractivity (Wildman–Crippen MR) is 145 cm³/mol. The molecule has 1 amide bonds. The van der Waals surface area contributed by atoms with Gasteiger partial charge in [-0.15, -0.1) is 0 Å². The number of hydrogen-bond donors (Lipinski definition) is 1. The van der Waals surface area contributed by atoms with Crippen molar-refractivity contribution in [1.29, 1.82) is 0 Å². The molecule has 0 spiro atoms. The van der Waals surface area contributed by atoms with E-state index in [0.717, 1.165) is 66.4 Å². The number of aryl methyl sites for hydroxylation is 2. The molecule has 0 aliphatic carbocycles. The summed E-state index contributed by atoms with van der Waals surface area (Å²) in [7, 11) is 1.64. The number of aliphatic hydroxyl groups is 1. The molecule has 1 atom stereocenters. The highest BCUT2D eigenvalue weighted by Crippen LogP contribution is 2.31. The molecule has 2 aliphatic rings. The Morgan fingerprint density at radius 2 is 1.84 bits per heavy atom. The Morgan fingerprint density at radius 1 is 1.05 bits per heavy atom. The number of hydrogen-bond acceptors (Lipinski definition) is 6. The van der Waals surface area contributed by atoms with E-state index in [4.69, 9.17) is 25.8 Å². The second-order valence-corrected chi connectivity index (χ2v) is 10.7. The second kappa shape index (κ2) is 12.4. The van der Waals surface area contributed by atoms with Crippen molar-refractivity contribution in [3.63, 3.8) is 0 Å². The molecule has 2 aliphatic heterocycles. The van der Waals surface area contributed by atoms with Gasteiger partial charge in [0.2, 0.25) is 5.91 Å². The van der Waals surface area contributed by atoms with E-state index in [0.29, 0.717) is 44.0 Å². The molecule has 37 heavy (non-hydrogen) atoms. The molecule has 2 fully saturated rings. The zero-order valence-electron chi connectivity index (χ0n) is 22.2. The molecule has 0 aromatic heterocycles. The first-order valence-corrected chi connectivity index (χ1v) is 13.6. The van der Waals surface area contributed by atoms with E-state index in [1.54, 1.807) is 7.11 Å². The Balaban J connectivity index is 1.29. The molecule has 2 saturated heterocycles. The Bertz CT molecular complexity index is 1070. The van der Waals surface area contributed by atoms with Crippen molar-refractivity contribution in [3.05, 3.63) is 52.0 Å². The Kier molecular flexibility index (Phi) is 9.22. The third-order valence-electron chi connectivity index (χ3n) is 7.19. The molecular formula is C29H39ClN2O5. The van der Waals surface area contributed by atoms with Crippen LogP contribution in [0.4, 0.5) is 0 Å². The molecule has 202 valence electrons. The largest absolute Gasteiger partial charge is 0.493 e. The minimum absolute atomic E-state index is 0.239. The fraction of sp³-hybridized carbons (Fsp3) is 0.552. The van der Waals surface area contributed by atoms with Gasteiger partial charge in [0.05, 0.1) is 13.7 Å². The highest BCUT2D eigenvalue weighted by atomic mass is 35.5. The van der Waals surface area contributed by atoms with Gasteiger partial charge in [-0.1, -0.05) is 17.7 Å². The summed E-state index contributed by atoms with van der Waals surface area (Å²) in [5.74, 6) is 2.38. The van der Waals surface area contributed by atoms with Crippen molar-refractivity contribution in [3.8, 4) is 17.2 Å². The van der Waals surface area contributed by atoms with Gasteiger partial charge in [-0.25, -0.2) is 0 Å². The third-order valence-corrected chi connectivity index (χ3v) is 7.78. The van der Waals surface area contributed by atoms with E-state index < -0.39 is 5.60 Å². The number of carbonyl (C=O) groups is 1. The summed E-state index contributed by atoms with van der Waals surface area (Å²) < 4.78 is 17.6. The maximum absolute atomic E-state index is 11.8. The van der Waals surface area contributed by atoms with Crippen LogP contribution in [0.5, 0.6) is 17.2 Å². The monoisotopic (exact) mass is 530 g/mol. The lowest BCUT2D eigenvalue weighted by molar-refractivity contribution is -0.127. The Morgan fingerprint density at radius 3 is 2.54 bits per heavy atom. The van der Waals surface area contributed by atoms with Gasteiger partial charge in [-0.2, -0.15) is 0 Å². The summed E-state index contributed by atoms with van der Waals surface area (Å²) in [6, 6.07) is 9.83. The predicted octanol–water partition coefficient (Wildman–Crippen LogP) is 4.76. The van der Waals surface area contributed by atoms with Crippen LogP contribution in [0, 0.1) is 13.8 Å². The SMILES string of the molecule is COc1cc(CN2CCC[C@@](O)(COc3cc(C)c(Cl)c(C)c3)C2)ccc1OCCCN1CCCC1=O. The number of amides is 1. The number of benzene rings is 2. The number of ether oxygens (including phenoxy) is 3. The van der Waals surface area contributed by atoms with Gasteiger partial charge in [-0.3, -0.25) is 9.69 Å². The standard InChI is InChI=1S/C29H39ClN2O5/c1-21-15-24(16-22(2)28(21)30)37-20-29(34)10-5-11-31(19-29)18-23-8-9-25(26(17-23)35-3)36-14-6-13-32-12-4-7-27(32)33/h8-9,15-17,34H,4-7,10-14,18-20H2,1-3H3/t29-/m0/s1. The lowest BCUT2D eigenvalue weighted by Crippen LogP contribution is -2.51. The van der Waals surface area contributed by atoms with Gasteiger partial charge in [-0.05, 0) is 87.0 Å². The molecule has 0 radical (unpaired) electrons. The molecule has 2 aromatic rings. The minimum Gasteiger partial charge on any atom is -0.493 e. The van der Waals surface area contributed by atoms with Gasteiger partial charge in [0.1, 0.15) is 18.0 Å². The Hall–Kier alpha value is -2.48. The number of halogens is 1. The molecule has 2 aromatic carbocycles. The molecule has 0 bridgehead atoms. The molecule has 8 heteroatoms. The number of rotatable bonds is 11. The topological polar surface area (TPSA) is 71.5 Å². The zero-order chi connectivity index (χ0) is 26.4. The molecular weight excluding hydrogens is 492 g/mol. The van der Waals surface area contributed by atoms with Crippen molar-refractivity contribution in [2.75, 3.05) is 46.5 Å². The smallest absolute Gasteiger partial charge is 0.222 e. The van der Waals surface area contributed by atoms with Crippen molar-refractivity contribution in [1.82, 2.24) is 9.80 Å². The quantitative estimate of drug-likeness (QED) is 0.422. The number of methoxy groups -OCH3 is 1. The van der Waals surface area contributed by atoms with E-state index in [9.17, 15) is 9.90 Å². The molecule has 4 rings (SSSR count). The van der Waals surface area contributed by atoms with Crippen LogP contribution in [0.15, 0.2) is 30.3 Å². The number of piperidine rings is 1. The maximum Gasteiger partial charge on any atom is 0.222 e. The van der Waals surface area contributed by atoms with Gasteiger partial charge in [0.25, 0.3) is 0 Å². The lowest BCUT2D eigenvalue weighted by Gasteiger charge is -2.39. The van der Waals surface area contributed by atoms with E-state index in [1.807, 2.05) is 49.1 Å². The second-order valence-electron chi connectivity index (χ2n) is 10.4. The normalized spacial score (nSPS) is 20.4. The van der Waals surface area contributed by atoms with Crippen molar-refractivity contribution in [2.24, 2.45) is 0 Å². The number of β-amino-alcohol motifs (C(OH)–C–C–N with tert-alkyl or cyclic N) is 1. The minimum atomic E-state index is -0.913. The molecule has 1 N–H and O–H groups in total. The van der Waals surface area contributed by atoms with Gasteiger partial charge in [0.15, 0.2) is 11.5 Å². The van der Waals surface area contributed by atoms with Gasteiger partial charge in [0, 0.05) is 37.6 Å². The van der Waals surface area contributed by atoms with E-state index >= 15 is 0 Å². The highest BCUT2D eigenvalue weighted by Gasteiger charge is 2.34. The zero-order valence-corrected chi connectivity index (χ0v) is 23.0. The molecule has 2 heterocycles. The van der Waals surface area contributed by atoms with Crippen molar-refractivity contribution < 1.29 is 24.1 Å². The molecule has 0 unspecified atom stereocenters. The summed E-state index contributed by atoms with van der Waals surface area (Å²) in [5.41, 5.74) is 2.12. The Labute approximate surface area is 225 Å². The average molecular weight is 531 g/mol. The first-order chi connectivity index (χ1) is 17.8. The summed E-state index contributed by atoms with van der Waals surface area (Å²) in [6.45, 7) is 8.43. The van der Waals surface area contributed by atoms with E-state index in [2.05, 4.69) is 4.90 Å². The summed E-state index contributed by atoms with van der Waals surface area (Å²) in [4.78, 5) is 15.9. The highest BCUT2D eigenvalue weighted by molar-refractivity contribution is 6.32. The van der Waals surface area contributed by atoms with Crippen molar-refractivity contribution in [2.45, 2.75) is 58.1 Å². The maximum atomic E-state index is 11.8. The van der Waals surface area contributed by atoms with E-state index in [1.165, 1.54) is 0 Å². The van der Waals surface area contributed by atoms with E-state index in [-0.39, 0.29) is 12.5 Å². The summed E-state index contributed by atoms with van der Waals surface area (Å²) in [5, 5.41) is 12.0. The van der Waals surface area contributed by atoms with Crippen LogP contribution < -0.4 is 14.2 Å². The van der Waals surface area contributed by atoms with Gasteiger partial charge < -0.3 is 24.2 Å². The van der Waals surface area contributed by atoms with Crippen LogP contribution in [0.3, 0.4) is 0 Å². The fourth-order valence-electron chi connectivity index (χ4n) is 5.23. The first kappa shape index (κ1) is 27.6. The van der Waals surface area contributed by atoms with Crippen LogP contribution in [0.1, 0.15) is 48.8 Å². The first-order valence-electron chi connectivity index (χ1n) is 13.2. The molecule has 7 nitrogen and oxygen atoms in total. The van der Waals surface area contributed by atoms with Crippen LogP contribution in [-0.2, 0) is 11.3 Å². The van der Waals surface area contributed by atoms with Crippen LogP contribution in [0.25, 0.3) is 0 Å². The summed E-state index contributed by atoms with van der Waals surface area (Å²) in [6.07, 6.45) is 4.02. The fourth-order valence-corrected chi connectivity index (χ4v) is 5.34.